The van der Waals surface area contributed by atoms with Gasteiger partial charge in [-0.3, -0.25) is 14.0 Å². The van der Waals surface area contributed by atoms with Crippen LogP contribution in [0.1, 0.15) is 16.1 Å². The number of aromatic nitrogens is 2. The number of benzene rings is 1. The first-order valence-electron chi connectivity index (χ1n) is 7.09. The molecule has 1 aliphatic heterocycles. The zero-order chi connectivity index (χ0) is 16.2. The third kappa shape index (κ3) is 3.57. The van der Waals surface area contributed by atoms with E-state index in [-0.39, 0.29) is 18.1 Å². The highest BCUT2D eigenvalue weighted by Crippen LogP contribution is 2.22. The summed E-state index contributed by atoms with van der Waals surface area (Å²) in [7, 11) is 0. The van der Waals surface area contributed by atoms with Gasteiger partial charge in [-0.05, 0) is 23.8 Å². The normalized spacial score (nSPS) is 14.7. The van der Waals surface area contributed by atoms with Gasteiger partial charge in [-0.25, -0.2) is 4.39 Å². The van der Waals surface area contributed by atoms with Gasteiger partial charge in [0, 0.05) is 37.0 Å². The SMILES string of the molecule is O=C(NCc1cc(F)ccc1N1CCOCC1)c1ns[nH]c1=O. The number of ether oxygens (including phenoxy) is 1. The molecule has 0 aliphatic carbocycles. The van der Waals surface area contributed by atoms with Crippen LogP contribution in [0.25, 0.3) is 0 Å². The lowest BCUT2D eigenvalue weighted by molar-refractivity contribution is 0.0945. The highest BCUT2D eigenvalue weighted by molar-refractivity contribution is 6.99. The van der Waals surface area contributed by atoms with E-state index in [0.717, 1.165) is 17.4 Å². The van der Waals surface area contributed by atoms with Crippen LogP contribution < -0.4 is 15.8 Å². The third-order valence-corrected chi connectivity index (χ3v) is 4.09. The first-order chi connectivity index (χ1) is 11.1. The molecule has 2 heterocycles. The van der Waals surface area contributed by atoms with Crippen LogP contribution in [0.3, 0.4) is 0 Å². The van der Waals surface area contributed by atoms with E-state index in [4.69, 9.17) is 4.74 Å². The van der Waals surface area contributed by atoms with Crippen LogP contribution in [0.4, 0.5) is 10.1 Å². The summed E-state index contributed by atoms with van der Waals surface area (Å²) in [4.78, 5) is 25.4. The zero-order valence-corrected chi connectivity index (χ0v) is 13.0. The number of hydrogen-bond donors (Lipinski definition) is 2. The summed E-state index contributed by atoms with van der Waals surface area (Å²) >= 11 is 0.814. The predicted molar refractivity (Wildman–Crippen MR) is 83.3 cm³/mol. The van der Waals surface area contributed by atoms with Crippen LogP contribution in [0.2, 0.25) is 0 Å². The molecule has 0 bridgehead atoms. The Balaban J connectivity index is 1.76. The topological polar surface area (TPSA) is 87.3 Å². The zero-order valence-electron chi connectivity index (χ0n) is 12.2. The molecule has 2 N–H and O–H groups in total. The second kappa shape index (κ2) is 6.88. The van der Waals surface area contributed by atoms with Crippen LogP contribution in [0.5, 0.6) is 0 Å². The van der Waals surface area contributed by atoms with Crippen LogP contribution in [0.15, 0.2) is 23.0 Å². The molecule has 1 fully saturated rings. The average molecular weight is 338 g/mol. The molecule has 7 nitrogen and oxygen atoms in total. The molecule has 2 aromatic rings. The summed E-state index contributed by atoms with van der Waals surface area (Å²) in [5, 5.41) is 2.61. The fourth-order valence-electron chi connectivity index (χ4n) is 2.41. The van der Waals surface area contributed by atoms with Crippen molar-refractivity contribution < 1.29 is 13.9 Å². The van der Waals surface area contributed by atoms with Crippen molar-refractivity contribution in [3.63, 3.8) is 0 Å². The summed E-state index contributed by atoms with van der Waals surface area (Å²) in [5.41, 5.74) is 0.786. The number of carbonyl (C=O) groups is 1. The van der Waals surface area contributed by atoms with E-state index in [2.05, 4.69) is 19.0 Å². The van der Waals surface area contributed by atoms with E-state index in [9.17, 15) is 14.0 Å². The summed E-state index contributed by atoms with van der Waals surface area (Å²) in [6, 6.07) is 4.47. The highest BCUT2D eigenvalue weighted by Gasteiger charge is 2.17. The number of nitrogens with one attached hydrogen (secondary N) is 2. The lowest BCUT2D eigenvalue weighted by atomic mass is 10.1. The minimum absolute atomic E-state index is 0.111. The predicted octanol–water partition coefficient (Wildman–Crippen LogP) is 0.737. The Morgan fingerprint density at radius 3 is 2.91 bits per heavy atom. The molecule has 3 rings (SSSR count). The van der Waals surface area contributed by atoms with Crippen molar-refractivity contribution in [1.82, 2.24) is 14.1 Å². The monoisotopic (exact) mass is 338 g/mol. The van der Waals surface area contributed by atoms with Crippen molar-refractivity contribution in [2.24, 2.45) is 0 Å². The summed E-state index contributed by atoms with van der Waals surface area (Å²) < 4.78 is 24.9. The summed E-state index contributed by atoms with van der Waals surface area (Å²) in [6.45, 7) is 2.74. The lowest BCUT2D eigenvalue weighted by Gasteiger charge is -2.30. The summed E-state index contributed by atoms with van der Waals surface area (Å²) in [5.74, 6) is -0.956. The fourth-order valence-corrected chi connectivity index (χ4v) is 2.89. The number of nitrogens with zero attached hydrogens (tertiary/aromatic N) is 2. The van der Waals surface area contributed by atoms with E-state index in [1.807, 2.05) is 0 Å². The molecule has 23 heavy (non-hydrogen) atoms. The molecular weight excluding hydrogens is 323 g/mol. The molecule has 0 unspecified atom stereocenters. The Hall–Kier alpha value is -2.26. The quantitative estimate of drug-likeness (QED) is 0.858. The Morgan fingerprint density at radius 2 is 2.22 bits per heavy atom. The van der Waals surface area contributed by atoms with E-state index < -0.39 is 11.5 Å². The van der Waals surface area contributed by atoms with Crippen molar-refractivity contribution in [3.05, 3.63) is 45.6 Å². The largest absolute Gasteiger partial charge is 0.378 e. The van der Waals surface area contributed by atoms with Crippen molar-refractivity contribution in [1.29, 1.82) is 0 Å². The Labute approximate surface area is 135 Å². The van der Waals surface area contributed by atoms with Gasteiger partial charge in [-0.15, -0.1) is 0 Å². The number of aromatic amines is 1. The maximum absolute atomic E-state index is 13.6. The molecule has 1 amide bonds. The van der Waals surface area contributed by atoms with Crippen LogP contribution in [-0.4, -0.2) is 41.0 Å². The maximum atomic E-state index is 13.6. The van der Waals surface area contributed by atoms with Gasteiger partial charge in [0.15, 0.2) is 0 Å². The molecule has 0 saturated carbocycles. The first kappa shape index (κ1) is 15.6. The highest BCUT2D eigenvalue weighted by atomic mass is 32.1. The van der Waals surface area contributed by atoms with Gasteiger partial charge in [-0.2, -0.15) is 4.37 Å². The number of halogens is 1. The Kier molecular flexibility index (Phi) is 4.68. The van der Waals surface area contributed by atoms with E-state index in [0.29, 0.717) is 31.9 Å². The molecule has 0 atom stereocenters. The van der Waals surface area contributed by atoms with Gasteiger partial charge in [0.1, 0.15) is 5.82 Å². The maximum Gasteiger partial charge on any atom is 0.291 e. The number of rotatable bonds is 4. The average Bonchev–Trinajstić information content (AvgIpc) is 3.00. The van der Waals surface area contributed by atoms with E-state index in [1.54, 1.807) is 6.07 Å². The molecule has 1 aromatic heterocycles. The molecule has 1 saturated heterocycles. The molecule has 1 aromatic carbocycles. The van der Waals surface area contributed by atoms with Gasteiger partial charge in [0.2, 0.25) is 5.69 Å². The van der Waals surface area contributed by atoms with Crippen molar-refractivity contribution in [3.8, 4) is 0 Å². The Bertz CT molecular complexity index is 754. The number of H-pyrrole nitrogens is 1. The van der Waals surface area contributed by atoms with Gasteiger partial charge in [0.25, 0.3) is 11.5 Å². The van der Waals surface area contributed by atoms with Gasteiger partial charge in [-0.1, -0.05) is 0 Å². The lowest BCUT2D eigenvalue weighted by Crippen LogP contribution is -2.37. The molecule has 122 valence electrons. The van der Waals surface area contributed by atoms with Gasteiger partial charge in [0.05, 0.1) is 13.2 Å². The van der Waals surface area contributed by atoms with Crippen LogP contribution in [-0.2, 0) is 11.3 Å². The van der Waals surface area contributed by atoms with Crippen molar-refractivity contribution in [2.75, 3.05) is 31.2 Å². The summed E-state index contributed by atoms with van der Waals surface area (Å²) in [6.07, 6.45) is 0. The molecule has 0 radical (unpaired) electrons. The number of carbonyl (C=O) groups excluding carboxylic acids is 1. The van der Waals surface area contributed by atoms with Gasteiger partial charge >= 0.3 is 0 Å². The van der Waals surface area contributed by atoms with Gasteiger partial charge < -0.3 is 15.0 Å². The van der Waals surface area contributed by atoms with Crippen molar-refractivity contribution >= 4 is 23.3 Å². The number of anilines is 1. The minimum Gasteiger partial charge on any atom is -0.378 e. The van der Waals surface area contributed by atoms with Crippen LogP contribution >= 0.6 is 11.7 Å². The second-order valence-corrected chi connectivity index (χ2v) is 5.59. The number of hydrogen-bond acceptors (Lipinski definition) is 6. The van der Waals surface area contributed by atoms with E-state index in [1.165, 1.54) is 12.1 Å². The molecule has 9 heteroatoms. The number of amides is 1. The minimum atomic E-state index is -0.579. The first-order valence-corrected chi connectivity index (χ1v) is 7.86. The fraction of sp³-hybridized carbons (Fsp3) is 0.357. The molecular formula is C14H15FN4O3S. The molecule has 0 spiro atoms. The van der Waals surface area contributed by atoms with Crippen LogP contribution in [0, 0.1) is 5.82 Å². The van der Waals surface area contributed by atoms with E-state index >= 15 is 0 Å². The number of morpholine rings is 1. The second-order valence-electron chi connectivity index (χ2n) is 5.02. The molecule has 1 aliphatic rings. The Morgan fingerprint density at radius 1 is 1.43 bits per heavy atom. The standard InChI is InChI=1S/C14H15FN4O3S/c15-10-1-2-11(19-3-5-22-6-4-19)9(7-10)8-16-13(20)12-14(21)18-23-17-12/h1-2,7H,3-6,8H2,(H,16,20)(H,18,21). The third-order valence-electron chi connectivity index (χ3n) is 3.54. The van der Waals surface area contributed by atoms with Crippen molar-refractivity contribution in [2.45, 2.75) is 6.54 Å². The smallest absolute Gasteiger partial charge is 0.291 e.